The molecule has 1 aromatic carbocycles. The molecular formula is C12H16FOP. The maximum Gasteiger partial charge on any atom is 0.165 e. The highest BCUT2D eigenvalue weighted by atomic mass is 31.0. The van der Waals surface area contributed by atoms with Crippen molar-refractivity contribution in [3.63, 3.8) is 0 Å². The van der Waals surface area contributed by atoms with Gasteiger partial charge in [-0.25, -0.2) is 4.39 Å². The lowest BCUT2D eigenvalue weighted by Gasteiger charge is -2.12. The summed E-state index contributed by atoms with van der Waals surface area (Å²) in [6.45, 7) is 2.09. The van der Waals surface area contributed by atoms with E-state index in [9.17, 15) is 4.39 Å². The molecule has 2 rings (SSSR count). The van der Waals surface area contributed by atoms with E-state index in [1.807, 2.05) is 6.07 Å². The van der Waals surface area contributed by atoms with Crippen molar-refractivity contribution in [3.05, 3.63) is 23.5 Å². The van der Waals surface area contributed by atoms with Crippen LogP contribution >= 0.6 is 9.24 Å². The van der Waals surface area contributed by atoms with Gasteiger partial charge in [0.2, 0.25) is 0 Å². The zero-order valence-corrected chi connectivity index (χ0v) is 10.1. The summed E-state index contributed by atoms with van der Waals surface area (Å²) >= 11 is 0. The van der Waals surface area contributed by atoms with Gasteiger partial charge in [0.25, 0.3) is 0 Å². The SMILES string of the molecule is CCCc1cc(P)cc(F)c1OC1CC1. The lowest BCUT2D eigenvalue weighted by molar-refractivity contribution is 0.284. The standard InChI is InChI=1S/C12H16FOP/c1-2-3-8-6-10(15)7-11(13)12(8)14-9-4-5-9/h6-7,9H,2-5,15H2,1H3. The van der Waals surface area contributed by atoms with Gasteiger partial charge in [-0.2, -0.15) is 0 Å². The molecule has 0 spiro atoms. The summed E-state index contributed by atoms with van der Waals surface area (Å²) < 4.78 is 19.3. The minimum absolute atomic E-state index is 0.224. The van der Waals surface area contributed by atoms with Gasteiger partial charge in [0.05, 0.1) is 6.10 Å². The highest BCUT2D eigenvalue weighted by Gasteiger charge is 2.26. The Morgan fingerprint density at radius 1 is 1.47 bits per heavy atom. The highest BCUT2D eigenvalue weighted by Crippen LogP contribution is 2.31. The normalized spacial score (nSPS) is 15.4. The first-order chi connectivity index (χ1) is 7.20. The van der Waals surface area contributed by atoms with E-state index < -0.39 is 0 Å². The van der Waals surface area contributed by atoms with E-state index in [1.165, 1.54) is 6.07 Å². The Labute approximate surface area is 92.2 Å². The topological polar surface area (TPSA) is 9.23 Å². The Hall–Kier alpha value is -0.620. The first-order valence-electron chi connectivity index (χ1n) is 5.45. The molecule has 82 valence electrons. The summed E-state index contributed by atoms with van der Waals surface area (Å²) in [5.74, 6) is 0.253. The average molecular weight is 226 g/mol. The number of halogens is 1. The predicted octanol–water partition coefficient (Wildman–Crippen LogP) is 2.82. The number of rotatable bonds is 4. The third-order valence-electron chi connectivity index (χ3n) is 2.47. The molecule has 1 fully saturated rings. The predicted molar refractivity (Wildman–Crippen MR) is 63.4 cm³/mol. The van der Waals surface area contributed by atoms with Crippen LogP contribution in [0, 0.1) is 5.82 Å². The van der Waals surface area contributed by atoms with Crippen LogP contribution in [0.2, 0.25) is 0 Å². The molecule has 1 aliphatic rings. The molecule has 0 radical (unpaired) electrons. The molecule has 0 saturated heterocycles. The van der Waals surface area contributed by atoms with E-state index in [1.54, 1.807) is 0 Å². The van der Waals surface area contributed by atoms with Crippen LogP contribution in [0.25, 0.3) is 0 Å². The summed E-state index contributed by atoms with van der Waals surface area (Å²) in [5, 5.41) is 0.888. The number of ether oxygens (including phenoxy) is 1. The smallest absolute Gasteiger partial charge is 0.165 e. The molecule has 0 bridgehead atoms. The zero-order valence-electron chi connectivity index (χ0n) is 8.92. The van der Waals surface area contributed by atoms with Crippen LogP contribution in [-0.4, -0.2) is 6.10 Å². The molecule has 1 unspecified atom stereocenters. The number of benzene rings is 1. The Balaban J connectivity index is 2.29. The maximum absolute atomic E-state index is 13.7. The van der Waals surface area contributed by atoms with Crippen LogP contribution in [0.5, 0.6) is 5.75 Å². The van der Waals surface area contributed by atoms with Crippen LogP contribution in [0.15, 0.2) is 12.1 Å². The van der Waals surface area contributed by atoms with Crippen molar-refractivity contribution in [1.82, 2.24) is 0 Å². The Bertz CT molecular complexity index is 361. The minimum atomic E-state index is -0.224. The fourth-order valence-electron chi connectivity index (χ4n) is 1.61. The number of aryl methyl sites for hydroxylation is 1. The summed E-state index contributed by atoms with van der Waals surface area (Å²) in [7, 11) is 2.53. The summed E-state index contributed by atoms with van der Waals surface area (Å²) in [6, 6.07) is 3.51. The number of hydrogen-bond donors (Lipinski definition) is 0. The van der Waals surface area contributed by atoms with E-state index in [-0.39, 0.29) is 11.9 Å². The van der Waals surface area contributed by atoms with E-state index in [0.717, 1.165) is 36.6 Å². The van der Waals surface area contributed by atoms with Crippen LogP contribution in [0.4, 0.5) is 4.39 Å². The van der Waals surface area contributed by atoms with E-state index >= 15 is 0 Å². The van der Waals surface area contributed by atoms with Crippen molar-refractivity contribution in [2.24, 2.45) is 0 Å². The largest absolute Gasteiger partial charge is 0.487 e. The van der Waals surface area contributed by atoms with Crippen LogP contribution < -0.4 is 10.0 Å². The van der Waals surface area contributed by atoms with Gasteiger partial charge in [-0.15, -0.1) is 9.24 Å². The number of hydrogen-bond acceptors (Lipinski definition) is 1. The first-order valence-corrected chi connectivity index (χ1v) is 6.03. The van der Waals surface area contributed by atoms with E-state index in [0.29, 0.717) is 5.75 Å². The highest BCUT2D eigenvalue weighted by molar-refractivity contribution is 7.27. The zero-order chi connectivity index (χ0) is 10.8. The third-order valence-corrected chi connectivity index (χ3v) is 2.80. The fourth-order valence-corrected chi connectivity index (χ4v) is 1.96. The summed E-state index contributed by atoms with van der Waals surface area (Å²) in [6.07, 6.45) is 4.27. The van der Waals surface area contributed by atoms with Gasteiger partial charge in [-0.3, -0.25) is 0 Å². The third kappa shape index (κ3) is 2.69. The minimum Gasteiger partial charge on any atom is -0.487 e. The molecule has 15 heavy (non-hydrogen) atoms. The molecule has 1 aromatic rings. The molecule has 1 atom stereocenters. The van der Waals surface area contributed by atoms with Crippen molar-refractivity contribution in [1.29, 1.82) is 0 Å². The van der Waals surface area contributed by atoms with Crippen LogP contribution in [0.3, 0.4) is 0 Å². The Kier molecular flexibility index (Phi) is 3.25. The lowest BCUT2D eigenvalue weighted by Crippen LogP contribution is -2.06. The van der Waals surface area contributed by atoms with Crippen molar-refractivity contribution < 1.29 is 9.13 Å². The quantitative estimate of drug-likeness (QED) is 0.717. The van der Waals surface area contributed by atoms with Gasteiger partial charge in [-0.05, 0) is 42.3 Å². The van der Waals surface area contributed by atoms with Crippen molar-refractivity contribution in [3.8, 4) is 5.75 Å². The molecular weight excluding hydrogens is 210 g/mol. The lowest BCUT2D eigenvalue weighted by atomic mass is 10.1. The fraction of sp³-hybridized carbons (Fsp3) is 0.500. The molecule has 0 N–H and O–H groups in total. The second-order valence-electron chi connectivity index (χ2n) is 4.06. The van der Waals surface area contributed by atoms with Gasteiger partial charge in [0, 0.05) is 0 Å². The summed E-state index contributed by atoms with van der Waals surface area (Å²) in [4.78, 5) is 0. The van der Waals surface area contributed by atoms with Gasteiger partial charge >= 0.3 is 0 Å². The molecule has 0 amide bonds. The van der Waals surface area contributed by atoms with Gasteiger partial charge in [0.1, 0.15) is 0 Å². The monoisotopic (exact) mass is 226 g/mol. The van der Waals surface area contributed by atoms with Gasteiger partial charge in [-0.1, -0.05) is 13.3 Å². The molecule has 1 aliphatic carbocycles. The molecule has 1 nitrogen and oxygen atoms in total. The molecule has 3 heteroatoms. The molecule has 0 aliphatic heterocycles. The second-order valence-corrected chi connectivity index (χ2v) is 4.72. The van der Waals surface area contributed by atoms with E-state index in [2.05, 4.69) is 16.2 Å². The maximum atomic E-state index is 13.7. The van der Waals surface area contributed by atoms with Crippen LogP contribution in [-0.2, 0) is 6.42 Å². The van der Waals surface area contributed by atoms with Crippen molar-refractivity contribution in [2.45, 2.75) is 38.7 Å². The van der Waals surface area contributed by atoms with Crippen molar-refractivity contribution in [2.75, 3.05) is 0 Å². The summed E-state index contributed by atoms with van der Waals surface area (Å²) in [5.41, 5.74) is 0.995. The Morgan fingerprint density at radius 3 is 2.80 bits per heavy atom. The average Bonchev–Trinajstić information content (AvgIpc) is 2.95. The molecule has 0 aromatic heterocycles. The van der Waals surface area contributed by atoms with Gasteiger partial charge < -0.3 is 4.74 Å². The molecule has 0 heterocycles. The van der Waals surface area contributed by atoms with E-state index in [4.69, 9.17) is 4.74 Å². The Morgan fingerprint density at radius 2 is 2.20 bits per heavy atom. The van der Waals surface area contributed by atoms with Crippen molar-refractivity contribution >= 4 is 14.5 Å². The first kappa shape index (κ1) is 10.9. The van der Waals surface area contributed by atoms with Crippen LogP contribution in [0.1, 0.15) is 31.7 Å². The second kappa shape index (κ2) is 4.49. The van der Waals surface area contributed by atoms with Gasteiger partial charge in [0.15, 0.2) is 11.6 Å². The molecule has 1 saturated carbocycles.